The van der Waals surface area contributed by atoms with Gasteiger partial charge in [0.05, 0.1) is 134 Å². The minimum atomic E-state index is -0.146. The summed E-state index contributed by atoms with van der Waals surface area (Å²) >= 11 is 0. The van der Waals surface area contributed by atoms with Gasteiger partial charge in [0.2, 0.25) is 0 Å². The molecule has 24 nitrogen and oxygen atoms in total. The van der Waals surface area contributed by atoms with Gasteiger partial charge in [-0.1, -0.05) is 97.1 Å². The number of fused-ring (bicyclic) bond motifs is 8. The topological polar surface area (TPSA) is 397 Å². The summed E-state index contributed by atoms with van der Waals surface area (Å²) in [5.41, 5.74) is 23.4. The fourth-order valence-electron chi connectivity index (χ4n) is 10.2. The van der Waals surface area contributed by atoms with Crippen molar-refractivity contribution in [3.63, 3.8) is 0 Å². The van der Waals surface area contributed by atoms with Crippen LogP contribution in [0.5, 0.6) is 69.0 Å². The van der Waals surface area contributed by atoms with Crippen molar-refractivity contribution in [2.45, 2.75) is 55.4 Å². The van der Waals surface area contributed by atoms with Gasteiger partial charge in [-0.2, -0.15) is 0 Å². The molecule has 0 aliphatic rings. The van der Waals surface area contributed by atoms with Crippen molar-refractivity contribution in [3.8, 4) is 69.0 Å². The average Bonchev–Trinajstić information content (AvgIpc) is 0.831. The summed E-state index contributed by atoms with van der Waals surface area (Å²) in [6, 6.07) is 77.0. The second kappa shape index (κ2) is 38.9. The Hall–Kier alpha value is -15.2. The van der Waals surface area contributed by atoms with Gasteiger partial charge in [0.25, 0.3) is 0 Å². The normalized spacial score (nSPS) is 10.2. The molecule has 24 heteroatoms. The van der Waals surface area contributed by atoms with Crippen LogP contribution in [0.2, 0.25) is 0 Å². The number of nitrogens with zero attached hydrogens (tertiary/aromatic N) is 12. The van der Waals surface area contributed by atoms with E-state index in [1.165, 1.54) is 0 Å². The molecule has 0 saturated heterocycles. The van der Waals surface area contributed by atoms with Crippen LogP contribution in [0.25, 0.3) is 88.3 Å². The van der Waals surface area contributed by atoms with E-state index < -0.39 is 0 Å². The molecule has 0 radical (unpaired) electrons. The highest BCUT2D eigenvalue weighted by atomic mass is 16.3. The first-order valence-corrected chi connectivity index (χ1v) is 34.6. The smallest absolute Gasteiger partial charge is 0.122 e. The van der Waals surface area contributed by atoms with Gasteiger partial charge < -0.3 is 61.3 Å². The van der Waals surface area contributed by atoms with E-state index in [1.54, 1.807) is 0 Å². The van der Waals surface area contributed by atoms with E-state index in [1.807, 2.05) is 250 Å². The first-order chi connectivity index (χ1) is 53.7. The zero-order chi connectivity index (χ0) is 80.4. The Balaban J connectivity index is 0.000000144. The van der Waals surface area contributed by atoms with Crippen molar-refractivity contribution >= 4 is 88.3 Å². The first-order valence-electron chi connectivity index (χ1n) is 34.6. The number of benzene rings is 12. The predicted molar refractivity (Wildman–Crippen MR) is 436 cm³/mol. The average molecular weight is 1500 g/mol. The highest BCUT2D eigenvalue weighted by molar-refractivity contribution is 5.89. The zero-order valence-corrected chi connectivity index (χ0v) is 62.1. The summed E-state index contributed by atoms with van der Waals surface area (Å²) in [5.74, 6) is -1.75. The molecule has 0 unspecified atom stereocenters. The van der Waals surface area contributed by atoms with E-state index in [0.717, 1.165) is 207 Å². The third-order valence-corrected chi connectivity index (χ3v) is 16.0. The van der Waals surface area contributed by atoms with Gasteiger partial charge >= 0.3 is 0 Å². The lowest BCUT2D eigenvalue weighted by Gasteiger charge is -2.01. The van der Waals surface area contributed by atoms with Crippen LogP contribution in [-0.2, 0) is 0 Å². The lowest BCUT2D eigenvalue weighted by molar-refractivity contribution is 0.426. The summed E-state index contributed by atoms with van der Waals surface area (Å²) in [7, 11) is 0. The molecule has 0 bridgehead atoms. The quantitative estimate of drug-likeness (QED) is 0.0627. The number of aromatic nitrogens is 12. The number of phenols is 12. The zero-order valence-electron chi connectivity index (χ0n) is 62.1. The Labute approximate surface area is 643 Å². The van der Waals surface area contributed by atoms with Crippen LogP contribution in [0.4, 0.5) is 0 Å². The summed E-state index contributed by atoms with van der Waals surface area (Å²) in [6.45, 7) is 15.8. The van der Waals surface area contributed by atoms with E-state index in [2.05, 4.69) is 59.8 Å². The second-order valence-corrected chi connectivity index (χ2v) is 24.8. The standard InChI is InChI=1S/4C12H8N2.2C8H12N2.4C6H6O3/c4*1-2-6-10-9(5-1)13-11-7-3-4-8-12(11)14-10;2*1-5-6(2)10-8(4)7(3)9-5;4*7-4-1-5(8)3-6(9)2-4/h4*1-8H;2*1-4H3;4*1-3,7-9H. The molecule has 18 aromatic rings. The van der Waals surface area contributed by atoms with Gasteiger partial charge in [0, 0.05) is 72.8 Å². The maximum Gasteiger partial charge on any atom is 0.122 e. The van der Waals surface area contributed by atoms with E-state index >= 15 is 0 Å². The van der Waals surface area contributed by atoms with Crippen LogP contribution >= 0.6 is 0 Å². The Morgan fingerprint density at radius 2 is 0.196 bits per heavy atom. The maximum atomic E-state index is 8.67. The van der Waals surface area contributed by atoms with Crippen molar-refractivity contribution in [1.82, 2.24) is 59.8 Å². The van der Waals surface area contributed by atoms with E-state index in [4.69, 9.17) is 61.3 Å². The third-order valence-electron chi connectivity index (χ3n) is 16.0. The van der Waals surface area contributed by atoms with E-state index in [9.17, 15) is 0 Å². The van der Waals surface area contributed by atoms with Crippen molar-refractivity contribution in [1.29, 1.82) is 0 Å². The molecular weight excluding hydrogens is 1420 g/mol. The molecule has 0 amide bonds. The minimum absolute atomic E-state index is 0.146. The number of aryl methyl sites for hydroxylation is 8. The number of aromatic hydroxyl groups is 12. The number of para-hydroxylation sites is 16. The molecule has 6 heterocycles. The molecule has 0 fully saturated rings. The Morgan fingerprint density at radius 3 is 0.268 bits per heavy atom. The second-order valence-electron chi connectivity index (χ2n) is 24.8. The summed E-state index contributed by atoms with van der Waals surface area (Å²) in [6.07, 6.45) is 0. The lowest BCUT2D eigenvalue weighted by atomic mass is 10.2. The Kier molecular flexibility index (Phi) is 28.1. The molecule has 0 atom stereocenters. The summed E-state index contributed by atoms with van der Waals surface area (Å²) in [4.78, 5) is 53.4. The molecule has 0 aliphatic carbocycles. The molecule has 18 rings (SSSR count). The Morgan fingerprint density at radius 1 is 0.125 bits per heavy atom. The summed E-state index contributed by atoms with van der Waals surface area (Å²) in [5, 5.41) is 104. The van der Waals surface area contributed by atoms with Gasteiger partial charge in [0.1, 0.15) is 69.0 Å². The maximum absolute atomic E-state index is 8.67. The van der Waals surface area contributed by atoms with Crippen LogP contribution in [0.15, 0.2) is 267 Å². The number of rotatable bonds is 0. The van der Waals surface area contributed by atoms with Crippen molar-refractivity contribution in [3.05, 3.63) is 312 Å². The first kappa shape index (κ1) is 80.9. The van der Waals surface area contributed by atoms with Gasteiger partial charge in [-0.15, -0.1) is 0 Å². The molecule has 0 spiro atoms. The molecule has 0 saturated carbocycles. The Bertz CT molecular complexity index is 4820. The van der Waals surface area contributed by atoms with Gasteiger partial charge in [-0.3, -0.25) is 19.9 Å². The predicted octanol–water partition coefficient (Wildman–Crippen LogP) is 17.8. The van der Waals surface area contributed by atoms with E-state index in [-0.39, 0.29) is 69.0 Å². The fraction of sp³-hybridized carbons (Fsp3) is 0.0909. The molecule has 112 heavy (non-hydrogen) atoms. The number of hydrogen-bond acceptors (Lipinski definition) is 24. The van der Waals surface area contributed by atoms with Gasteiger partial charge in [0.15, 0.2) is 0 Å². The highest BCUT2D eigenvalue weighted by Gasteiger charge is 2.06. The molecule has 12 aromatic carbocycles. The molecule has 564 valence electrons. The highest BCUT2D eigenvalue weighted by Crippen LogP contribution is 2.28. The van der Waals surface area contributed by atoms with Crippen LogP contribution in [0.1, 0.15) is 45.6 Å². The van der Waals surface area contributed by atoms with Crippen molar-refractivity contribution in [2.75, 3.05) is 0 Å². The van der Waals surface area contributed by atoms with Crippen LogP contribution < -0.4 is 0 Å². The van der Waals surface area contributed by atoms with Crippen LogP contribution in [0.3, 0.4) is 0 Å². The fourth-order valence-corrected chi connectivity index (χ4v) is 10.2. The lowest BCUT2D eigenvalue weighted by Crippen LogP contribution is -1.97. The molecular formula is C88H80N12O12. The van der Waals surface area contributed by atoms with Crippen LogP contribution in [-0.4, -0.2) is 121 Å². The van der Waals surface area contributed by atoms with Gasteiger partial charge in [-0.25, -0.2) is 39.9 Å². The summed E-state index contributed by atoms with van der Waals surface area (Å²) < 4.78 is 0. The third kappa shape index (κ3) is 24.4. The van der Waals surface area contributed by atoms with Crippen molar-refractivity contribution in [2.24, 2.45) is 0 Å². The number of hydrogen-bond donors (Lipinski definition) is 12. The monoisotopic (exact) mass is 1500 g/mol. The molecule has 12 N–H and O–H groups in total. The van der Waals surface area contributed by atoms with E-state index in [0.29, 0.717) is 0 Å². The SMILES string of the molecule is Cc1nc(C)c(C)nc1C.Cc1nc(C)c(C)nc1C.Oc1cc(O)cc(O)c1.Oc1cc(O)cc(O)c1.Oc1cc(O)cc(O)c1.Oc1cc(O)cc(O)c1.c1ccc2nc3ccccc3nc2c1.c1ccc2nc3ccccc3nc2c1.c1ccc2nc3ccccc3nc2c1.c1ccc2nc3ccccc3nc2c1. The van der Waals surface area contributed by atoms with Gasteiger partial charge in [-0.05, 0) is 152 Å². The number of phenolic OH excluding ortho intramolecular Hbond substituents is 12. The molecule has 0 aliphatic heterocycles. The van der Waals surface area contributed by atoms with Crippen molar-refractivity contribution < 1.29 is 61.3 Å². The minimum Gasteiger partial charge on any atom is -0.508 e. The molecule has 6 aromatic heterocycles. The van der Waals surface area contributed by atoms with Crippen LogP contribution in [0, 0.1) is 55.4 Å². The largest absolute Gasteiger partial charge is 0.508 e.